The molecule has 2 amide bonds. The molecule has 1 unspecified atom stereocenters. The van der Waals surface area contributed by atoms with Crippen molar-refractivity contribution in [2.24, 2.45) is 0 Å². The van der Waals surface area contributed by atoms with Gasteiger partial charge in [-0.15, -0.1) is 0 Å². The zero-order valence-electron chi connectivity index (χ0n) is 15.6. The predicted octanol–water partition coefficient (Wildman–Crippen LogP) is 2.63. The van der Waals surface area contributed by atoms with Gasteiger partial charge in [0.05, 0.1) is 18.8 Å². The van der Waals surface area contributed by atoms with E-state index in [1.807, 2.05) is 0 Å². The average Bonchev–Trinajstić information content (AvgIpc) is 3.25. The van der Waals surface area contributed by atoms with Crippen LogP contribution in [-0.2, 0) is 9.47 Å². The predicted molar refractivity (Wildman–Crippen MR) is 103 cm³/mol. The highest BCUT2D eigenvalue weighted by atomic mass is 16.5. The summed E-state index contributed by atoms with van der Waals surface area (Å²) in [4.78, 5) is 36.2. The fourth-order valence-corrected chi connectivity index (χ4v) is 2.93. The molecule has 1 aliphatic rings. The normalized spacial score (nSPS) is 15.7. The molecule has 2 aromatic rings. The fourth-order valence-electron chi connectivity index (χ4n) is 2.93. The second-order valence-electron chi connectivity index (χ2n) is 6.45. The van der Waals surface area contributed by atoms with E-state index >= 15 is 0 Å². The summed E-state index contributed by atoms with van der Waals surface area (Å²) in [5.74, 6) is -1.05. The van der Waals surface area contributed by atoms with Crippen LogP contribution < -0.4 is 10.6 Å². The van der Waals surface area contributed by atoms with E-state index in [-0.39, 0.29) is 17.9 Å². The minimum atomic E-state index is -0.506. The number of nitrogens with one attached hydrogen (secondary N) is 2. The van der Waals surface area contributed by atoms with Gasteiger partial charge >= 0.3 is 5.97 Å². The Labute approximate surface area is 163 Å². The summed E-state index contributed by atoms with van der Waals surface area (Å²) in [6.07, 6.45) is 2.07. The van der Waals surface area contributed by atoms with Gasteiger partial charge in [0, 0.05) is 30.0 Å². The molecule has 1 heterocycles. The number of esters is 1. The second-order valence-corrected chi connectivity index (χ2v) is 6.45. The van der Waals surface area contributed by atoms with Gasteiger partial charge in [0.15, 0.2) is 0 Å². The van der Waals surface area contributed by atoms with E-state index < -0.39 is 5.97 Å². The summed E-state index contributed by atoms with van der Waals surface area (Å²) in [6, 6.07) is 12.9. The van der Waals surface area contributed by atoms with E-state index in [0.29, 0.717) is 28.9 Å². The van der Waals surface area contributed by atoms with Crippen LogP contribution >= 0.6 is 0 Å². The Morgan fingerprint density at radius 2 is 1.79 bits per heavy atom. The van der Waals surface area contributed by atoms with Crippen molar-refractivity contribution in [2.45, 2.75) is 18.9 Å². The smallest absolute Gasteiger partial charge is 0.337 e. The van der Waals surface area contributed by atoms with Gasteiger partial charge in [0.25, 0.3) is 11.8 Å². The third kappa shape index (κ3) is 4.95. The minimum Gasteiger partial charge on any atom is -0.465 e. The summed E-state index contributed by atoms with van der Waals surface area (Å²) in [6.45, 7) is 1.24. The maximum absolute atomic E-state index is 12.4. The molecule has 1 aliphatic heterocycles. The first-order valence-electron chi connectivity index (χ1n) is 9.06. The van der Waals surface area contributed by atoms with Crippen LogP contribution in [-0.4, -0.2) is 44.1 Å². The Kier molecular flexibility index (Phi) is 6.39. The molecule has 1 saturated heterocycles. The molecule has 0 aromatic heterocycles. The molecule has 0 radical (unpaired) electrons. The summed E-state index contributed by atoms with van der Waals surface area (Å²) < 4.78 is 10.1. The molecular formula is C21H22N2O5. The Morgan fingerprint density at radius 3 is 2.46 bits per heavy atom. The molecule has 7 nitrogen and oxygen atoms in total. The topological polar surface area (TPSA) is 93.7 Å². The van der Waals surface area contributed by atoms with Gasteiger partial charge in [-0.1, -0.05) is 6.07 Å². The van der Waals surface area contributed by atoms with Crippen LogP contribution in [0.1, 0.15) is 43.9 Å². The van der Waals surface area contributed by atoms with Crippen LogP contribution in [0.5, 0.6) is 0 Å². The monoisotopic (exact) mass is 382 g/mol. The second kappa shape index (κ2) is 9.14. The van der Waals surface area contributed by atoms with Gasteiger partial charge in [-0.2, -0.15) is 0 Å². The number of hydrogen-bond acceptors (Lipinski definition) is 5. The van der Waals surface area contributed by atoms with Gasteiger partial charge in [-0.05, 0) is 55.3 Å². The largest absolute Gasteiger partial charge is 0.465 e. The van der Waals surface area contributed by atoms with Crippen LogP contribution in [0.2, 0.25) is 0 Å². The van der Waals surface area contributed by atoms with Crippen molar-refractivity contribution >= 4 is 23.5 Å². The van der Waals surface area contributed by atoms with Crippen molar-refractivity contribution in [1.29, 1.82) is 0 Å². The molecule has 28 heavy (non-hydrogen) atoms. The third-order valence-electron chi connectivity index (χ3n) is 4.47. The lowest BCUT2D eigenvalue weighted by Gasteiger charge is -2.11. The van der Waals surface area contributed by atoms with Crippen molar-refractivity contribution in [3.05, 3.63) is 65.2 Å². The maximum Gasteiger partial charge on any atom is 0.337 e. The Morgan fingerprint density at radius 1 is 1.04 bits per heavy atom. The first kappa shape index (κ1) is 19.6. The lowest BCUT2D eigenvalue weighted by molar-refractivity contribution is 0.0600. The quantitative estimate of drug-likeness (QED) is 0.749. The number of anilines is 1. The maximum atomic E-state index is 12.4. The number of carbonyl (C=O) groups is 3. The van der Waals surface area contributed by atoms with E-state index in [4.69, 9.17) is 4.74 Å². The van der Waals surface area contributed by atoms with Crippen molar-refractivity contribution in [3.8, 4) is 0 Å². The number of benzene rings is 2. The SMILES string of the molecule is COC(=O)c1cccc(C(=O)Nc2ccc(C(=O)NCC3CCCO3)cc2)c1. The van der Waals surface area contributed by atoms with Crippen LogP contribution in [0.4, 0.5) is 5.69 Å². The average molecular weight is 382 g/mol. The lowest BCUT2D eigenvalue weighted by atomic mass is 10.1. The highest BCUT2D eigenvalue weighted by molar-refractivity contribution is 6.06. The third-order valence-corrected chi connectivity index (χ3v) is 4.47. The highest BCUT2D eigenvalue weighted by Gasteiger charge is 2.17. The molecule has 7 heteroatoms. The van der Waals surface area contributed by atoms with E-state index in [1.165, 1.54) is 13.2 Å². The van der Waals surface area contributed by atoms with Gasteiger partial charge in [0.2, 0.25) is 0 Å². The Bertz CT molecular complexity index is 857. The van der Waals surface area contributed by atoms with Gasteiger partial charge in [-0.3, -0.25) is 9.59 Å². The molecule has 146 valence electrons. The molecule has 0 saturated carbocycles. The number of carbonyl (C=O) groups excluding carboxylic acids is 3. The van der Waals surface area contributed by atoms with Crippen molar-refractivity contribution in [2.75, 3.05) is 25.6 Å². The molecule has 0 aliphatic carbocycles. The molecule has 0 bridgehead atoms. The summed E-state index contributed by atoms with van der Waals surface area (Å²) in [5.41, 5.74) is 1.68. The molecule has 0 spiro atoms. The van der Waals surface area contributed by atoms with Crippen molar-refractivity contribution in [3.63, 3.8) is 0 Å². The number of amides is 2. The van der Waals surface area contributed by atoms with Gasteiger partial charge < -0.3 is 20.1 Å². The van der Waals surface area contributed by atoms with E-state index in [1.54, 1.807) is 42.5 Å². The summed E-state index contributed by atoms with van der Waals surface area (Å²) >= 11 is 0. The van der Waals surface area contributed by atoms with Crippen LogP contribution in [0.25, 0.3) is 0 Å². The van der Waals surface area contributed by atoms with Crippen molar-refractivity contribution in [1.82, 2.24) is 5.32 Å². The first-order chi connectivity index (χ1) is 13.6. The number of methoxy groups -OCH3 is 1. The lowest BCUT2D eigenvalue weighted by Crippen LogP contribution is -2.31. The number of ether oxygens (including phenoxy) is 2. The zero-order chi connectivity index (χ0) is 19.9. The molecular weight excluding hydrogens is 360 g/mol. The van der Waals surface area contributed by atoms with Gasteiger partial charge in [0.1, 0.15) is 0 Å². The molecule has 2 N–H and O–H groups in total. The first-order valence-corrected chi connectivity index (χ1v) is 9.06. The molecule has 1 fully saturated rings. The van der Waals surface area contributed by atoms with Crippen molar-refractivity contribution < 1.29 is 23.9 Å². The Hall–Kier alpha value is -3.19. The van der Waals surface area contributed by atoms with Crippen LogP contribution in [0, 0.1) is 0 Å². The number of rotatable bonds is 6. The summed E-state index contributed by atoms with van der Waals surface area (Å²) in [7, 11) is 1.29. The molecule has 3 rings (SSSR count). The van der Waals surface area contributed by atoms with E-state index in [2.05, 4.69) is 15.4 Å². The molecule has 1 atom stereocenters. The standard InChI is InChI=1S/C21H22N2O5/c1-27-21(26)16-5-2-4-15(12-16)20(25)23-17-9-7-14(8-10-17)19(24)22-13-18-6-3-11-28-18/h2,4-5,7-10,12,18H,3,6,11,13H2,1H3,(H,22,24)(H,23,25). The van der Waals surface area contributed by atoms with Crippen LogP contribution in [0.3, 0.4) is 0 Å². The van der Waals surface area contributed by atoms with Gasteiger partial charge in [-0.25, -0.2) is 4.79 Å². The van der Waals surface area contributed by atoms with E-state index in [9.17, 15) is 14.4 Å². The zero-order valence-corrected chi connectivity index (χ0v) is 15.6. The summed E-state index contributed by atoms with van der Waals surface area (Å²) in [5, 5.41) is 5.60. The minimum absolute atomic E-state index is 0.0864. The highest BCUT2D eigenvalue weighted by Crippen LogP contribution is 2.14. The fraction of sp³-hybridized carbons (Fsp3) is 0.286. The Balaban J connectivity index is 1.58. The van der Waals surface area contributed by atoms with E-state index in [0.717, 1.165) is 19.4 Å². The number of hydrogen-bond donors (Lipinski definition) is 2. The molecule has 2 aromatic carbocycles. The van der Waals surface area contributed by atoms with Crippen LogP contribution in [0.15, 0.2) is 48.5 Å².